The minimum Gasteiger partial charge on any atom is -0.316 e. The molecular formula is C12H17F2NS. The molecule has 4 heteroatoms. The molecule has 0 amide bonds. The molecule has 0 aliphatic rings. The molecule has 0 saturated carbocycles. The van der Waals surface area contributed by atoms with E-state index in [-0.39, 0.29) is 0 Å². The van der Waals surface area contributed by atoms with Gasteiger partial charge in [-0.2, -0.15) is 0 Å². The normalized spacial score (nSPS) is 13.1. The summed E-state index contributed by atoms with van der Waals surface area (Å²) in [5.74, 6) is -0.212. The third-order valence-electron chi connectivity index (χ3n) is 2.50. The molecule has 1 aromatic carbocycles. The molecule has 0 spiro atoms. The summed E-state index contributed by atoms with van der Waals surface area (Å²) in [4.78, 5) is 0.764. The highest BCUT2D eigenvalue weighted by Gasteiger charge is 2.11. The number of halogens is 2. The lowest BCUT2D eigenvalue weighted by Crippen LogP contribution is -2.32. The minimum absolute atomic E-state index is 0.373. The quantitative estimate of drug-likeness (QED) is 0.799. The highest BCUT2D eigenvalue weighted by molar-refractivity contribution is 7.99. The SMILES string of the molecule is CNC(CSc1ccc(F)c(F)c1)C(C)C. The lowest BCUT2D eigenvalue weighted by atomic mass is 10.1. The van der Waals surface area contributed by atoms with Crippen molar-refractivity contribution in [2.75, 3.05) is 12.8 Å². The molecular weight excluding hydrogens is 228 g/mol. The fraction of sp³-hybridized carbons (Fsp3) is 0.500. The van der Waals surface area contributed by atoms with Crippen molar-refractivity contribution in [2.45, 2.75) is 24.8 Å². The zero-order chi connectivity index (χ0) is 12.1. The summed E-state index contributed by atoms with van der Waals surface area (Å²) < 4.78 is 25.6. The van der Waals surface area contributed by atoms with Gasteiger partial charge in [-0.1, -0.05) is 13.8 Å². The van der Waals surface area contributed by atoms with Crippen molar-refractivity contribution in [2.24, 2.45) is 5.92 Å². The monoisotopic (exact) mass is 245 g/mol. The Balaban J connectivity index is 2.57. The van der Waals surface area contributed by atoms with Gasteiger partial charge in [-0.05, 0) is 31.2 Å². The zero-order valence-corrected chi connectivity index (χ0v) is 10.6. The Morgan fingerprint density at radius 2 is 1.94 bits per heavy atom. The molecule has 0 fully saturated rings. The van der Waals surface area contributed by atoms with Crippen molar-refractivity contribution < 1.29 is 8.78 Å². The first-order chi connectivity index (χ1) is 7.54. The summed E-state index contributed by atoms with van der Waals surface area (Å²) in [7, 11) is 1.91. The standard InChI is InChI=1S/C12H17F2NS/c1-8(2)12(15-3)7-16-9-4-5-10(13)11(14)6-9/h4-6,8,12,15H,7H2,1-3H3. The van der Waals surface area contributed by atoms with E-state index in [1.165, 1.54) is 23.9 Å². The lowest BCUT2D eigenvalue weighted by molar-refractivity contribution is 0.465. The van der Waals surface area contributed by atoms with Gasteiger partial charge in [0.1, 0.15) is 0 Å². The third-order valence-corrected chi connectivity index (χ3v) is 3.61. The lowest BCUT2D eigenvalue weighted by Gasteiger charge is -2.19. The Hall–Kier alpha value is -0.610. The zero-order valence-electron chi connectivity index (χ0n) is 9.76. The average Bonchev–Trinajstić information content (AvgIpc) is 2.23. The second-order valence-corrected chi connectivity index (χ2v) is 5.12. The van der Waals surface area contributed by atoms with Crippen LogP contribution in [0.2, 0.25) is 0 Å². The molecule has 90 valence electrons. The molecule has 1 rings (SSSR count). The van der Waals surface area contributed by atoms with Crippen LogP contribution in [0.1, 0.15) is 13.8 Å². The molecule has 0 bridgehead atoms. The summed E-state index contributed by atoms with van der Waals surface area (Å²) in [6, 6.07) is 4.39. The number of benzene rings is 1. The van der Waals surface area contributed by atoms with Crippen LogP contribution in [-0.4, -0.2) is 18.8 Å². The molecule has 1 unspecified atom stereocenters. The second-order valence-electron chi connectivity index (χ2n) is 4.03. The Morgan fingerprint density at radius 3 is 2.44 bits per heavy atom. The van der Waals surface area contributed by atoms with Crippen LogP contribution in [-0.2, 0) is 0 Å². The molecule has 1 aromatic rings. The Labute approximate surface area is 99.6 Å². The van der Waals surface area contributed by atoms with E-state index >= 15 is 0 Å². The first kappa shape index (κ1) is 13.5. The van der Waals surface area contributed by atoms with E-state index in [2.05, 4.69) is 19.2 Å². The van der Waals surface area contributed by atoms with E-state index in [0.29, 0.717) is 12.0 Å². The van der Waals surface area contributed by atoms with E-state index in [0.717, 1.165) is 10.6 Å². The van der Waals surface area contributed by atoms with E-state index in [1.807, 2.05) is 7.05 Å². The topological polar surface area (TPSA) is 12.0 Å². The predicted molar refractivity (Wildman–Crippen MR) is 64.8 cm³/mol. The highest BCUT2D eigenvalue weighted by Crippen LogP contribution is 2.22. The van der Waals surface area contributed by atoms with E-state index < -0.39 is 11.6 Å². The number of rotatable bonds is 5. The maximum atomic E-state index is 12.9. The van der Waals surface area contributed by atoms with Gasteiger partial charge in [0.25, 0.3) is 0 Å². The van der Waals surface area contributed by atoms with Crippen LogP contribution in [0.4, 0.5) is 8.78 Å². The molecule has 0 aliphatic heterocycles. The van der Waals surface area contributed by atoms with Crippen LogP contribution < -0.4 is 5.32 Å². The minimum atomic E-state index is -0.793. The van der Waals surface area contributed by atoms with Gasteiger partial charge in [0.15, 0.2) is 11.6 Å². The predicted octanol–water partition coefficient (Wildman–Crippen LogP) is 3.30. The summed E-state index contributed by atoms with van der Waals surface area (Å²) in [6.45, 7) is 4.26. The van der Waals surface area contributed by atoms with Gasteiger partial charge in [-0.15, -0.1) is 11.8 Å². The van der Waals surface area contributed by atoms with Crippen molar-refractivity contribution in [3.05, 3.63) is 29.8 Å². The van der Waals surface area contributed by atoms with E-state index in [1.54, 1.807) is 6.07 Å². The summed E-state index contributed by atoms with van der Waals surface area (Å²) >= 11 is 1.54. The molecule has 0 aromatic heterocycles. The number of nitrogens with one attached hydrogen (secondary N) is 1. The van der Waals surface area contributed by atoms with Crippen LogP contribution in [0.3, 0.4) is 0 Å². The molecule has 0 heterocycles. The maximum Gasteiger partial charge on any atom is 0.159 e. The van der Waals surface area contributed by atoms with Gasteiger partial charge in [0.05, 0.1) is 0 Å². The van der Waals surface area contributed by atoms with Crippen molar-refractivity contribution in [1.29, 1.82) is 0 Å². The molecule has 1 atom stereocenters. The van der Waals surface area contributed by atoms with Crippen molar-refractivity contribution >= 4 is 11.8 Å². The van der Waals surface area contributed by atoms with Crippen LogP contribution in [0.15, 0.2) is 23.1 Å². The molecule has 0 saturated heterocycles. The number of hydrogen-bond donors (Lipinski definition) is 1. The first-order valence-corrected chi connectivity index (χ1v) is 6.28. The molecule has 16 heavy (non-hydrogen) atoms. The molecule has 1 N–H and O–H groups in total. The summed E-state index contributed by atoms with van der Waals surface area (Å²) in [5, 5.41) is 3.21. The van der Waals surface area contributed by atoms with Gasteiger partial charge in [-0.25, -0.2) is 8.78 Å². The smallest absolute Gasteiger partial charge is 0.159 e. The number of thioether (sulfide) groups is 1. The Morgan fingerprint density at radius 1 is 1.25 bits per heavy atom. The van der Waals surface area contributed by atoms with Crippen LogP contribution in [0, 0.1) is 17.6 Å². The Bertz CT molecular complexity index is 342. The van der Waals surface area contributed by atoms with Gasteiger partial charge >= 0.3 is 0 Å². The Kier molecular flexibility index (Phi) is 5.22. The summed E-state index contributed by atoms with van der Waals surface area (Å²) in [6.07, 6.45) is 0. The average molecular weight is 245 g/mol. The van der Waals surface area contributed by atoms with Gasteiger partial charge in [0, 0.05) is 16.7 Å². The van der Waals surface area contributed by atoms with Crippen LogP contribution >= 0.6 is 11.8 Å². The molecule has 0 aliphatic carbocycles. The van der Waals surface area contributed by atoms with Crippen LogP contribution in [0.5, 0.6) is 0 Å². The van der Waals surface area contributed by atoms with E-state index in [4.69, 9.17) is 0 Å². The molecule has 0 radical (unpaired) electrons. The molecule has 1 nitrogen and oxygen atoms in total. The van der Waals surface area contributed by atoms with Gasteiger partial charge in [0.2, 0.25) is 0 Å². The fourth-order valence-electron chi connectivity index (χ4n) is 1.36. The van der Waals surface area contributed by atoms with Gasteiger partial charge < -0.3 is 5.32 Å². The maximum absolute atomic E-state index is 12.9. The highest BCUT2D eigenvalue weighted by atomic mass is 32.2. The second kappa shape index (κ2) is 6.21. The van der Waals surface area contributed by atoms with Crippen LogP contribution in [0.25, 0.3) is 0 Å². The first-order valence-electron chi connectivity index (χ1n) is 5.29. The summed E-state index contributed by atoms with van der Waals surface area (Å²) in [5.41, 5.74) is 0. The van der Waals surface area contributed by atoms with Gasteiger partial charge in [-0.3, -0.25) is 0 Å². The van der Waals surface area contributed by atoms with Crippen molar-refractivity contribution in [3.63, 3.8) is 0 Å². The van der Waals surface area contributed by atoms with Crippen molar-refractivity contribution in [1.82, 2.24) is 5.32 Å². The third kappa shape index (κ3) is 3.76. The fourth-order valence-corrected chi connectivity index (χ4v) is 2.64. The van der Waals surface area contributed by atoms with E-state index in [9.17, 15) is 8.78 Å². The number of hydrogen-bond acceptors (Lipinski definition) is 2. The largest absolute Gasteiger partial charge is 0.316 e. The van der Waals surface area contributed by atoms with Crippen molar-refractivity contribution in [3.8, 4) is 0 Å².